The van der Waals surface area contributed by atoms with Gasteiger partial charge >= 0.3 is 5.97 Å². The third-order valence-corrected chi connectivity index (χ3v) is 2.23. The van der Waals surface area contributed by atoms with Crippen molar-refractivity contribution in [1.29, 1.82) is 5.26 Å². The zero-order chi connectivity index (χ0) is 13.7. The van der Waals surface area contributed by atoms with Gasteiger partial charge in [-0.1, -0.05) is 0 Å². The topological polar surface area (TPSA) is 89.0 Å². The summed E-state index contributed by atoms with van der Waals surface area (Å²) >= 11 is 0. The van der Waals surface area contributed by atoms with Crippen LogP contribution in [0.15, 0.2) is 6.20 Å². The summed E-state index contributed by atoms with van der Waals surface area (Å²) < 4.78 is 30.3. The van der Waals surface area contributed by atoms with Crippen molar-refractivity contribution in [3.8, 4) is 6.07 Å². The Morgan fingerprint density at radius 3 is 2.78 bits per heavy atom. The first-order valence-corrected chi connectivity index (χ1v) is 5.14. The van der Waals surface area contributed by atoms with Crippen LogP contribution in [-0.2, 0) is 11.3 Å². The predicted molar refractivity (Wildman–Crippen MR) is 57.8 cm³/mol. The first-order chi connectivity index (χ1) is 8.56. The van der Waals surface area contributed by atoms with Gasteiger partial charge in [-0.05, 0) is 6.92 Å². The fraction of sp³-hybridized carbons (Fsp3) is 0.364. The van der Waals surface area contributed by atoms with Crippen molar-refractivity contribution in [3.05, 3.63) is 28.6 Å². The minimum Gasteiger partial charge on any atom is -0.462 e. The van der Waals surface area contributed by atoms with Gasteiger partial charge < -0.3 is 10.5 Å². The Morgan fingerprint density at radius 2 is 2.33 bits per heavy atom. The summed E-state index contributed by atoms with van der Waals surface area (Å²) in [6.45, 7) is 1.35. The molecule has 0 saturated carbocycles. The number of nitrogens with zero attached hydrogens (tertiary/aromatic N) is 2. The first kappa shape index (κ1) is 14.0. The molecule has 1 rings (SSSR count). The zero-order valence-corrected chi connectivity index (χ0v) is 9.61. The maximum absolute atomic E-state index is 12.8. The maximum Gasteiger partial charge on any atom is 0.340 e. The lowest BCUT2D eigenvalue weighted by Crippen LogP contribution is -2.17. The van der Waals surface area contributed by atoms with Crippen LogP contribution in [0.3, 0.4) is 0 Å². The predicted octanol–water partition coefficient (Wildman–Crippen LogP) is 1.53. The smallest absolute Gasteiger partial charge is 0.340 e. The number of hydrogen-bond acceptors (Lipinski definition) is 5. The molecule has 0 aliphatic heterocycles. The molecule has 96 valence electrons. The number of esters is 1. The summed E-state index contributed by atoms with van der Waals surface area (Å²) in [6, 6.07) is 1.75. The molecule has 0 atom stereocenters. The molecule has 0 radical (unpaired) electrons. The summed E-state index contributed by atoms with van der Waals surface area (Å²) in [4.78, 5) is 15.1. The van der Waals surface area contributed by atoms with E-state index < -0.39 is 23.7 Å². The van der Waals surface area contributed by atoms with Gasteiger partial charge in [-0.15, -0.1) is 0 Å². The summed E-state index contributed by atoms with van der Waals surface area (Å²) in [5.74, 6) is -0.946. The molecule has 7 heteroatoms. The first-order valence-electron chi connectivity index (χ1n) is 5.14. The Balaban J connectivity index is 3.49. The molecule has 0 saturated heterocycles. The average molecular weight is 255 g/mol. The number of nitriles is 1. The quantitative estimate of drug-likeness (QED) is 0.824. The molecule has 0 spiro atoms. The van der Waals surface area contributed by atoms with E-state index in [1.54, 1.807) is 13.0 Å². The Morgan fingerprint density at radius 1 is 1.67 bits per heavy atom. The Kier molecular flexibility index (Phi) is 4.68. The van der Waals surface area contributed by atoms with Crippen LogP contribution in [0.5, 0.6) is 0 Å². The summed E-state index contributed by atoms with van der Waals surface area (Å²) in [7, 11) is 0. The largest absolute Gasteiger partial charge is 0.462 e. The van der Waals surface area contributed by atoms with E-state index in [1.165, 1.54) is 0 Å². The van der Waals surface area contributed by atoms with Gasteiger partial charge in [0, 0.05) is 18.3 Å². The molecule has 1 aromatic rings. The van der Waals surface area contributed by atoms with Gasteiger partial charge in [-0.2, -0.15) is 5.26 Å². The molecule has 0 unspecified atom stereocenters. The maximum atomic E-state index is 12.8. The Labute approximate surface area is 102 Å². The van der Waals surface area contributed by atoms with E-state index in [4.69, 9.17) is 11.0 Å². The minimum atomic E-state index is -2.94. The van der Waals surface area contributed by atoms with E-state index in [0.717, 1.165) is 6.20 Å². The molecule has 1 heterocycles. The number of aromatic nitrogens is 1. The number of carbonyl (C=O) groups excluding carboxylic acids is 1. The lowest BCUT2D eigenvalue weighted by Gasteiger charge is -2.12. The van der Waals surface area contributed by atoms with E-state index in [0.29, 0.717) is 0 Å². The molecule has 0 aromatic carbocycles. The van der Waals surface area contributed by atoms with Crippen molar-refractivity contribution in [1.82, 2.24) is 4.98 Å². The molecule has 2 N–H and O–H groups in total. The number of hydrogen-bond donors (Lipinski definition) is 1. The van der Waals surface area contributed by atoms with Crippen molar-refractivity contribution >= 4 is 5.97 Å². The number of ether oxygens (including phenoxy) is 1. The molecule has 5 nitrogen and oxygen atoms in total. The Hall–Kier alpha value is -2.07. The SMILES string of the molecule is CCOC(=O)c1c(C(F)F)ncc(C#N)c1CN. The third-order valence-electron chi connectivity index (χ3n) is 2.23. The van der Waals surface area contributed by atoms with Crippen LogP contribution in [0, 0.1) is 11.3 Å². The summed E-state index contributed by atoms with van der Waals surface area (Å²) in [5, 5.41) is 8.83. The molecule has 0 fully saturated rings. The number of carbonyl (C=O) groups is 1. The lowest BCUT2D eigenvalue weighted by molar-refractivity contribution is 0.0512. The highest BCUT2D eigenvalue weighted by molar-refractivity contribution is 5.93. The van der Waals surface area contributed by atoms with Gasteiger partial charge in [0.2, 0.25) is 0 Å². The number of halogens is 2. The van der Waals surface area contributed by atoms with Gasteiger partial charge in [0.25, 0.3) is 6.43 Å². The molecule has 1 aromatic heterocycles. The molecular formula is C11H11F2N3O2. The van der Waals surface area contributed by atoms with E-state index >= 15 is 0 Å². The second-order valence-corrected chi connectivity index (χ2v) is 3.25. The minimum absolute atomic E-state index is 0.00930. The van der Waals surface area contributed by atoms with Crippen molar-refractivity contribution in [2.75, 3.05) is 6.61 Å². The van der Waals surface area contributed by atoms with Gasteiger partial charge in [-0.3, -0.25) is 4.98 Å². The number of alkyl halides is 2. The highest BCUT2D eigenvalue weighted by Crippen LogP contribution is 2.26. The van der Waals surface area contributed by atoms with Crippen LogP contribution in [0.4, 0.5) is 8.78 Å². The molecule has 0 amide bonds. The van der Waals surface area contributed by atoms with Crippen LogP contribution < -0.4 is 5.73 Å². The van der Waals surface area contributed by atoms with Crippen LogP contribution in [0.1, 0.15) is 40.5 Å². The fourth-order valence-corrected chi connectivity index (χ4v) is 1.47. The fourth-order valence-electron chi connectivity index (χ4n) is 1.47. The van der Waals surface area contributed by atoms with Crippen molar-refractivity contribution in [2.45, 2.75) is 19.9 Å². The highest BCUT2D eigenvalue weighted by atomic mass is 19.3. The molecule has 18 heavy (non-hydrogen) atoms. The monoisotopic (exact) mass is 255 g/mol. The normalized spacial score (nSPS) is 10.2. The molecular weight excluding hydrogens is 244 g/mol. The van der Waals surface area contributed by atoms with Crippen LogP contribution >= 0.6 is 0 Å². The van der Waals surface area contributed by atoms with Crippen molar-refractivity contribution < 1.29 is 18.3 Å². The number of nitrogens with two attached hydrogens (primary N) is 1. The van der Waals surface area contributed by atoms with Crippen LogP contribution in [0.2, 0.25) is 0 Å². The molecule has 0 aliphatic carbocycles. The lowest BCUT2D eigenvalue weighted by atomic mass is 10.0. The van der Waals surface area contributed by atoms with Crippen molar-refractivity contribution in [2.24, 2.45) is 5.73 Å². The van der Waals surface area contributed by atoms with Crippen LogP contribution in [-0.4, -0.2) is 17.6 Å². The van der Waals surface area contributed by atoms with Gasteiger partial charge in [0.15, 0.2) is 0 Å². The molecule has 0 aliphatic rings. The zero-order valence-electron chi connectivity index (χ0n) is 9.61. The van der Waals surface area contributed by atoms with E-state index in [-0.39, 0.29) is 24.3 Å². The van der Waals surface area contributed by atoms with Crippen molar-refractivity contribution in [3.63, 3.8) is 0 Å². The highest BCUT2D eigenvalue weighted by Gasteiger charge is 2.26. The second kappa shape index (κ2) is 6.02. The van der Waals surface area contributed by atoms with E-state index in [9.17, 15) is 13.6 Å². The number of pyridine rings is 1. The van der Waals surface area contributed by atoms with Gasteiger partial charge in [0.1, 0.15) is 11.8 Å². The van der Waals surface area contributed by atoms with Gasteiger partial charge in [-0.25, -0.2) is 13.6 Å². The molecule has 0 bridgehead atoms. The van der Waals surface area contributed by atoms with E-state index in [1.807, 2.05) is 0 Å². The summed E-state index contributed by atoms with van der Waals surface area (Å²) in [6.07, 6.45) is -1.96. The average Bonchev–Trinajstić information content (AvgIpc) is 2.36. The standard InChI is InChI=1S/C11H11F2N3O2/c1-2-18-11(17)8-7(4-15)6(3-14)5-16-9(8)10(12)13/h5,10H,2,4,15H2,1H3. The van der Waals surface area contributed by atoms with E-state index in [2.05, 4.69) is 9.72 Å². The van der Waals surface area contributed by atoms with Gasteiger partial charge in [0.05, 0.1) is 17.7 Å². The number of rotatable bonds is 4. The summed E-state index contributed by atoms with van der Waals surface area (Å²) in [5.41, 5.74) is 4.29. The van der Waals surface area contributed by atoms with Crippen LogP contribution in [0.25, 0.3) is 0 Å². The second-order valence-electron chi connectivity index (χ2n) is 3.25. The Bertz CT molecular complexity index is 498. The third kappa shape index (κ3) is 2.60.